The molecule has 7 nitrogen and oxygen atoms in total. The summed E-state index contributed by atoms with van der Waals surface area (Å²) in [7, 11) is 0. The summed E-state index contributed by atoms with van der Waals surface area (Å²) >= 11 is 0. The summed E-state index contributed by atoms with van der Waals surface area (Å²) in [5.74, 6) is 0. The number of anilines is 1. The third-order valence-corrected chi connectivity index (χ3v) is 4.25. The fourth-order valence-corrected chi connectivity index (χ4v) is 2.94. The molecule has 0 aliphatic carbocycles. The molecule has 23 heavy (non-hydrogen) atoms. The molecule has 3 rings (SSSR count). The molecule has 0 saturated carbocycles. The molecule has 2 aromatic rings. The number of pyridine rings is 1. The summed E-state index contributed by atoms with van der Waals surface area (Å²) in [6.45, 7) is 5.22. The lowest BCUT2D eigenvalue weighted by molar-refractivity contribution is 0.0176. The van der Waals surface area contributed by atoms with E-state index in [9.17, 15) is 10.4 Å². The molecular formula is C16H20N6O. The van der Waals surface area contributed by atoms with Gasteiger partial charge in [-0.2, -0.15) is 5.26 Å². The van der Waals surface area contributed by atoms with Gasteiger partial charge in [-0.05, 0) is 32.8 Å². The Kier molecular flexibility index (Phi) is 4.01. The second-order valence-electron chi connectivity index (χ2n) is 6.24. The number of rotatable bonds is 3. The molecule has 1 aliphatic heterocycles. The van der Waals surface area contributed by atoms with Gasteiger partial charge in [-0.3, -0.25) is 4.98 Å². The number of piperidine rings is 1. The molecule has 0 aromatic carbocycles. The number of aliphatic hydroxyl groups is 1. The van der Waals surface area contributed by atoms with Crippen molar-refractivity contribution in [2.75, 3.05) is 18.0 Å². The highest BCUT2D eigenvalue weighted by atomic mass is 16.3. The molecular weight excluding hydrogens is 292 g/mol. The van der Waals surface area contributed by atoms with Crippen LogP contribution in [0.2, 0.25) is 0 Å². The molecule has 0 radical (unpaired) electrons. The number of hydrogen-bond acceptors (Lipinski definition) is 6. The second kappa shape index (κ2) is 5.97. The first-order valence-electron chi connectivity index (χ1n) is 7.77. The number of hydrogen-bond donors (Lipinski definition) is 1. The number of β-amino-alcohol motifs (C(OH)–C–C–N with tert-alkyl or cyclic N) is 1. The Morgan fingerprint density at radius 1 is 1.43 bits per heavy atom. The molecule has 7 heteroatoms. The SMILES string of the molecule is CC(C)n1cc(C2(O)CCCN(c3ccncc3C#N)C2)nn1. The summed E-state index contributed by atoms with van der Waals surface area (Å²) in [6.07, 6.45) is 6.48. The van der Waals surface area contributed by atoms with Crippen LogP contribution in [0.1, 0.15) is 44.0 Å². The number of nitrogens with zero attached hydrogens (tertiary/aromatic N) is 6. The van der Waals surface area contributed by atoms with Gasteiger partial charge in [0, 0.05) is 25.0 Å². The zero-order valence-corrected chi connectivity index (χ0v) is 13.3. The van der Waals surface area contributed by atoms with Gasteiger partial charge >= 0.3 is 0 Å². The zero-order valence-electron chi connectivity index (χ0n) is 13.3. The quantitative estimate of drug-likeness (QED) is 0.926. The first-order valence-corrected chi connectivity index (χ1v) is 7.77. The lowest BCUT2D eigenvalue weighted by Gasteiger charge is -2.39. The van der Waals surface area contributed by atoms with Gasteiger partial charge in [0.2, 0.25) is 0 Å². The maximum absolute atomic E-state index is 11.1. The maximum Gasteiger partial charge on any atom is 0.127 e. The van der Waals surface area contributed by atoms with E-state index >= 15 is 0 Å². The van der Waals surface area contributed by atoms with Crippen LogP contribution in [0.25, 0.3) is 0 Å². The van der Waals surface area contributed by atoms with Crippen LogP contribution >= 0.6 is 0 Å². The molecule has 1 aliphatic rings. The summed E-state index contributed by atoms with van der Waals surface area (Å²) in [5.41, 5.74) is 0.851. The van der Waals surface area contributed by atoms with Gasteiger partial charge in [-0.25, -0.2) is 4.68 Å². The molecule has 1 N–H and O–H groups in total. The van der Waals surface area contributed by atoms with Crippen LogP contribution < -0.4 is 4.90 Å². The van der Waals surface area contributed by atoms with E-state index in [0.29, 0.717) is 24.2 Å². The number of aromatic nitrogens is 4. The Labute approximate surface area is 135 Å². The highest BCUT2D eigenvalue weighted by Gasteiger charge is 2.38. The Hall–Kier alpha value is -2.46. The van der Waals surface area contributed by atoms with E-state index < -0.39 is 5.60 Å². The van der Waals surface area contributed by atoms with Crippen molar-refractivity contribution in [1.82, 2.24) is 20.0 Å². The van der Waals surface area contributed by atoms with Crippen molar-refractivity contribution in [3.63, 3.8) is 0 Å². The van der Waals surface area contributed by atoms with Crippen molar-refractivity contribution < 1.29 is 5.11 Å². The maximum atomic E-state index is 11.1. The van der Waals surface area contributed by atoms with Crippen molar-refractivity contribution in [1.29, 1.82) is 5.26 Å². The van der Waals surface area contributed by atoms with E-state index in [1.165, 1.54) is 0 Å². The fraction of sp³-hybridized carbons (Fsp3) is 0.500. The van der Waals surface area contributed by atoms with Crippen LogP contribution in [0.5, 0.6) is 0 Å². The van der Waals surface area contributed by atoms with Gasteiger partial charge in [0.05, 0.1) is 24.0 Å². The fourth-order valence-electron chi connectivity index (χ4n) is 2.94. The zero-order chi connectivity index (χ0) is 16.4. The third kappa shape index (κ3) is 2.90. The highest BCUT2D eigenvalue weighted by molar-refractivity contribution is 5.58. The van der Waals surface area contributed by atoms with Crippen LogP contribution in [0.15, 0.2) is 24.7 Å². The van der Waals surface area contributed by atoms with E-state index in [2.05, 4.69) is 21.4 Å². The van der Waals surface area contributed by atoms with E-state index in [0.717, 1.165) is 18.7 Å². The largest absolute Gasteiger partial charge is 0.382 e. The Morgan fingerprint density at radius 3 is 2.96 bits per heavy atom. The van der Waals surface area contributed by atoms with E-state index in [1.54, 1.807) is 17.1 Å². The third-order valence-electron chi connectivity index (χ3n) is 4.25. The molecule has 0 spiro atoms. The van der Waals surface area contributed by atoms with Crippen molar-refractivity contribution in [3.8, 4) is 6.07 Å². The Bertz CT molecular complexity index is 734. The topological polar surface area (TPSA) is 90.9 Å². The molecule has 0 amide bonds. The normalized spacial score (nSPS) is 21.4. The average Bonchev–Trinajstić information content (AvgIpc) is 3.06. The van der Waals surface area contributed by atoms with E-state index in [1.807, 2.05) is 31.0 Å². The van der Waals surface area contributed by atoms with Gasteiger partial charge in [-0.15, -0.1) is 5.10 Å². The van der Waals surface area contributed by atoms with Gasteiger partial charge in [-0.1, -0.05) is 5.21 Å². The van der Waals surface area contributed by atoms with Crippen LogP contribution in [-0.4, -0.2) is 38.2 Å². The lowest BCUT2D eigenvalue weighted by Crippen LogP contribution is -2.46. The van der Waals surface area contributed by atoms with Crippen molar-refractivity contribution in [2.45, 2.75) is 38.3 Å². The van der Waals surface area contributed by atoms with Gasteiger partial charge < -0.3 is 10.0 Å². The molecule has 1 atom stereocenters. The minimum absolute atomic E-state index is 0.199. The second-order valence-corrected chi connectivity index (χ2v) is 6.24. The minimum Gasteiger partial charge on any atom is -0.382 e. The highest BCUT2D eigenvalue weighted by Crippen LogP contribution is 2.33. The smallest absolute Gasteiger partial charge is 0.127 e. The molecule has 1 unspecified atom stereocenters. The average molecular weight is 312 g/mol. The summed E-state index contributed by atoms with van der Waals surface area (Å²) in [4.78, 5) is 6.02. The first kappa shape index (κ1) is 15.4. The van der Waals surface area contributed by atoms with Crippen molar-refractivity contribution >= 4 is 5.69 Å². The predicted molar refractivity (Wildman–Crippen MR) is 84.7 cm³/mol. The van der Waals surface area contributed by atoms with Crippen LogP contribution in [0.4, 0.5) is 5.69 Å². The van der Waals surface area contributed by atoms with E-state index in [4.69, 9.17) is 0 Å². The van der Waals surface area contributed by atoms with Gasteiger partial charge in [0.25, 0.3) is 0 Å². The molecule has 2 aromatic heterocycles. The van der Waals surface area contributed by atoms with Gasteiger partial charge in [0.1, 0.15) is 17.4 Å². The van der Waals surface area contributed by atoms with Crippen molar-refractivity contribution in [3.05, 3.63) is 35.9 Å². The molecule has 120 valence electrons. The number of nitriles is 1. The summed E-state index contributed by atoms with van der Waals surface area (Å²) in [6, 6.07) is 4.17. The molecule has 3 heterocycles. The minimum atomic E-state index is -1.05. The van der Waals surface area contributed by atoms with E-state index in [-0.39, 0.29) is 6.04 Å². The van der Waals surface area contributed by atoms with Gasteiger partial charge in [0.15, 0.2) is 0 Å². The summed E-state index contributed by atoms with van der Waals surface area (Å²) in [5, 5.41) is 28.6. The first-order chi connectivity index (χ1) is 11.0. The van der Waals surface area contributed by atoms with Crippen LogP contribution in [-0.2, 0) is 5.60 Å². The Balaban J connectivity index is 1.89. The predicted octanol–water partition coefficient (Wildman–Crippen LogP) is 1.61. The van der Waals surface area contributed by atoms with Crippen LogP contribution in [0.3, 0.4) is 0 Å². The van der Waals surface area contributed by atoms with Crippen LogP contribution in [0, 0.1) is 11.3 Å². The summed E-state index contributed by atoms with van der Waals surface area (Å²) < 4.78 is 1.75. The molecule has 1 saturated heterocycles. The molecule has 1 fully saturated rings. The lowest BCUT2D eigenvalue weighted by atomic mass is 9.89. The monoisotopic (exact) mass is 312 g/mol. The Morgan fingerprint density at radius 2 is 2.26 bits per heavy atom. The molecule has 0 bridgehead atoms. The standard InChI is InChI=1S/C16H20N6O/c1-12(2)22-10-15(19-20-22)16(23)5-3-7-21(11-16)14-4-6-18-9-13(14)8-17/h4,6,9-10,12,23H,3,5,7,11H2,1-2H3. The van der Waals surface area contributed by atoms with Crippen molar-refractivity contribution in [2.24, 2.45) is 0 Å².